The van der Waals surface area contributed by atoms with E-state index in [1.54, 1.807) is 54.6 Å². The quantitative estimate of drug-likeness (QED) is 0.688. The molecule has 7 nitrogen and oxygen atoms in total. The number of fused-ring (bicyclic) bond motifs is 1. The lowest BCUT2D eigenvalue weighted by Gasteiger charge is -2.15. The van der Waals surface area contributed by atoms with Crippen molar-refractivity contribution in [2.75, 3.05) is 0 Å². The molecule has 0 bridgehead atoms. The van der Waals surface area contributed by atoms with E-state index in [1.807, 2.05) is 0 Å². The molecule has 7 heteroatoms. The fourth-order valence-corrected chi connectivity index (χ4v) is 2.54. The number of hydrogen-bond donors (Lipinski definition) is 1. The van der Waals surface area contributed by atoms with Crippen molar-refractivity contribution in [1.82, 2.24) is 4.57 Å². The Morgan fingerprint density at radius 1 is 1.08 bits per heavy atom. The van der Waals surface area contributed by atoms with Gasteiger partial charge in [-0.1, -0.05) is 42.5 Å². The predicted molar refractivity (Wildman–Crippen MR) is 89.6 cm³/mol. The number of benzene rings is 2. The van der Waals surface area contributed by atoms with Crippen LogP contribution >= 0.6 is 0 Å². The summed E-state index contributed by atoms with van der Waals surface area (Å²) in [5.74, 6) is -1.95. The van der Waals surface area contributed by atoms with Crippen LogP contribution < -0.4 is 11.5 Å². The second-order valence-corrected chi connectivity index (χ2v) is 5.42. The fraction of sp³-hybridized carbons (Fsp3) is 0.167. The molecule has 0 aliphatic rings. The summed E-state index contributed by atoms with van der Waals surface area (Å²) in [5, 5.41) is 0. The number of primary amides is 1. The number of esters is 1. The third kappa shape index (κ3) is 3.60. The van der Waals surface area contributed by atoms with Gasteiger partial charge in [-0.3, -0.25) is 14.2 Å². The van der Waals surface area contributed by atoms with Gasteiger partial charge in [0.05, 0.1) is 11.9 Å². The molecule has 1 unspecified atom stereocenters. The smallest absolute Gasteiger partial charge is 0.419 e. The Balaban J connectivity index is 1.70. The number of amides is 1. The number of oxazole rings is 1. The van der Waals surface area contributed by atoms with Crippen molar-refractivity contribution in [1.29, 1.82) is 0 Å². The topological polar surface area (TPSA) is 105 Å². The molecule has 0 saturated carbocycles. The fourth-order valence-electron chi connectivity index (χ4n) is 2.54. The van der Waals surface area contributed by atoms with Gasteiger partial charge in [-0.2, -0.15) is 0 Å². The molecular formula is C18H16N2O5. The van der Waals surface area contributed by atoms with Gasteiger partial charge in [0, 0.05) is 12.1 Å². The van der Waals surface area contributed by atoms with E-state index in [2.05, 4.69) is 0 Å². The summed E-state index contributed by atoms with van der Waals surface area (Å²) >= 11 is 0. The van der Waals surface area contributed by atoms with Gasteiger partial charge >= 0.3 is 11.7 Å². The highest BCUT2D eigenvalue weighted by molar-refractivity contribution is 5.83. The first-order valence-corrected chi connectivity index (χ1v) is 7.68. The second-order valence-electron chi connectivity index (χ2n) is 5.42. The van der Waals surface area contributed by atoms with E-state index in [9.17, 15) is 14.4 Å². The summed E-state index contributed by atoms with van der Waals surface area (Å²) in [6.07, 6.45) is -1.26. The molecule has 3 rings (SSSR count). The van der Waals surface area contributed by atoms with Gasteiger partial charge in [0.15, 0.2) is 5.58 Å². The van der Waals surface area contributed by atoms with Crippen LogP contribution in [0.1, 0.15) is 18.1 Å². The Bertz CT molecular complexity index is 958. The van der Waals surface area contributed by atoms with Crippen molar-refractivity contribution in [3.8, 4) is 0 Å². The Morgan fingerprint density at radius 2 is 1.76 bits per heavy atom. The molecule has 128 valence electrons. The molecule has 0 fully saturated rings. The van der Waals surface area contributed by atoms with Crippen LogP contribution in [0, 0.1) is 0 Å². The number of aromatic nitrogens is 1. The number of aryl methyl sites for hydroxylation is 1. The highest BCUT2D eigenvalue weighted by atomic mass is 16.5. The molecule has 0 aliphatic heterocycles. The SMILES string of the molecule is NC(=O)C(OC(=O)CCn1c(=O)oc2ccccc21)c1ccccc1. The van der Waals surface area contributed by atoms with Crippen LogP contribution in [0.25, 0.3) is 11.1 Å². The number of ether oxygens (including phenoxy) is 1. The second kappa shape index (κ2) is 7.04. The molecule has 1 amide bonds. The highest BCUT2D eigenvalue weighted by Gasteiger charge is 2.22. The molecule has 1 aromatic heterocycles. The van der Waals surface area contributed by atoms with Gasteiger partial charge in [0.1, 0.15) is 0 Å². The molecule has 0 radical (unpaired) electrons. The lowest BCUT2D eigenvalue weighted by molar-refractivity contribution is -0.155. The van der Waals surface area contributed by atoms with E-state index in [0.29, 0.717) is 16.7 Å². The summed E-state index contributed by atoms with van der Waals surface area (Å²) in [6.45, 7) is 0.0783. The van der Waals surface area contributed by atoms with Crippen molar-refractivity contribution in [2.24, 2.45) is 5.73 Å². The number of para-hydroxylation sites is 2. The zero-order valence-corrected chi connectivity index (χ0v) is 13.3. The van der Waals surface area contributed by atoms with Crippen LogP contribution in [-0.4, -0.2) is 16.4 Å². The molecule has 0 spiro atoms. The zero-order chi connectivity index (χ0) is 17.8. The molecule has 2 N–H and O–H groups in total. The molecule has 3 aromatic rings. The summed E-state index contributed by atoms with van der Waals surface area (Å²) in [4.78, 5) is 35.5. The summed E-state index contributed by atoms with van der Waals surface area (Å²) < 4.78 is 11.6. The van der Waals surface area contributed by atoms with Gasteiger partial charge < -0.3 is 14.9 Å². The van der Waals surface area contributed by atoms with Gasteiger partial charge in [-0.05, 0) is 12.1 Å². The van der Waals surface area contributed by atoms with E-state index in [0.717, 1.165) is 0 Å². The monoisotopic (exact) mass is 340 g/mol. The van der Waals surface area contributed by atoms with Crippen molar-refractivity contribution < 1.29 is 18.7 Å². The first kappa shape index (κ1) is 16.5. The first-order chi connectivity index (χ1) is 12.1. The average Bonchev–Trinajstić information content (AvgIpc) is 2.93. The van der Waals surface area contributed by atoms with Crippen LogP contribution in [0.2, 0.25) is 0 Å². The van der Waals surface area contributed by atoms with Crippen LogP contribution in [0.15, 0.2) is 63.8 Å². The maximum absolute atomic E-state index is 12.1. The van der Waals surface area contributed by atoms with E-state index < -0.39 is 23.7 Å². The summed E-state index contributed by atoms with van der Waals surface area (Å²) in [5.41, 5.74) is 6.85. The van der Waals surface area contributed by atoms with Crippen molar-refractivity contribution in [3.63, 3.8) is 0 Å². The Kier molecular flexibility index (Phi) is 4.65. The van der Waals surface area contributed by atoms with Crippen molar-refractivity contribution in [3.05, 3.63) is 70.7 Å². The molecule has 1 atom stereocenters. The van der Waals surface area contributed by atoms with Crippen LogP contribution in [-0.2, 0) is 20.9 Å². The van der Waals surface area contributed by atoms with Crippen LogP contribution in [0.5, 0.6) is 0 Å². The Morgan fingerprint density at radius 3 is 2.48 bits per heavy atom. The van der Waals surface area contributed by atoms with E-state index in [4.69, 9.17) is 14.9 Å². The molecule has 1 heterocycles. The van der Waals surface area contributed by atoms with Gasteiger partial charge in [-0.15, -0.1) is 0 Å². The molecule has 0 aliphatic carbocycles. The maximum atomic E-state index is 12.1. The normalized spacial score (nSPS) is 12.0. The van der Waals surface area contributed by atoms with E-state index in [-0.39, 0.29) is 13.0 Å². The minimum Gasteiger partial charge on any atom is -0.447 e. The summed E-state index contributed by atoms with van der Waals surface area (Å²) in [7, 11) is 0. The molecule has 25 heavy (non-hydrogen) atoms. The Hall–Kier alpha value is -3.35. The van der Waals surface area contributed by atoms with Gasteiger partial charge in [-0.25, -0.2) is 4.79 Å². The van der Waals surface area contributed by atoms with Crippen LogP contribution in [0.4, 0.5) is 0 Å². The standard InChI is InChI=1S/C18H16N2O5/c19-17(22)16(12-6-2-1-3-7-12)25-15(21)10-11-20-13-8-4-5-9-14(13)24-18(20)23/h1-9,16H,10-11H2,(H2,19,22). The highest BCUT2D eigenvalue weighted by Crippen LogP contribution is 2.18. The number of carbonyl (C=O) groups is 2. The van der Waals surface area contributed by atoms with Crippen molar-refractivity contribution in [2.45, 2.75) is 19.1 Å². The number of carbonyl (C=O) groups excluding carboxylic acids is 2. The van der Waals surface area contributed by atoms with Gasteiger partial charge in [0.25, 0.3) is 5.91 Å². The number of nitrogens with two attached hydrogens (primary N) is 1. The van der Waals surface area contributed by atoms with Crippen LogP contribution in [0.3, 0.4) is 0 Å². The zero-order valence-electron chi connectivity index (χ0n) is 13.3. The lowest BCUT2D eigenvalue weighted by Crippen LogP contribution is -2.27. The van der Waals surface area contributed by atoms with E-state index in [1.165, 1.54) is 4.57 Å². The third-order valence-corrected chi connectivity index (χ3v) is 3.72. The molecule has 2 aromatic carbocycles. The molecular weight excluding hydrogens is 324 g/mol. The third-order valence-electron chi connectivity index (χ3n) is 3.72. The maximum Gasteiger partial charge on any atom is 0.419 e. The lowest BCUT2D eigenvalue weighted by atomic mass is 10.1. The van der Waals surface area contributed by atoms with E-state index >= 15 is 0 Å². The Labute approximate surface area is 142 Å². The molecule has 0 saturated heterocycles. The number of nitrogens with zero attached hydrogens (tertiary/aromatic N) is 1. The minimum absolute atomic E-state index is 0.0783. The first-order valence-electron chi connectivity index (χ1n) is 7.68. The number of rotatable bonds is 6. The summed E-state index contributed by atoms with van der Waals surface area (Å²) in [6, 6.07) is 15.4. The average molecular weight is 340 g/mol. The largest absolute Gasteiger partial charge is 0.447 e. The van der Waals surface area contributed by atoms with Gasteiger partial charge in [0.2, 0.25) is 6.10 Å². The minimum atomic E-state index is -1.16. The number of hydrogen-bond acceptors (Lipinski definition) is 5. The predicted octanol–water partition coefficient (Wildman–Crippen LogP) is 1.75. The van der Waals surface area contributed by atoms with Crippen molar-refractivity contribution >= 4 is 23.0 Å².